The Labute approximate surface area is 213 Å². The third kappa shape index (κ3) is 4.56. The molecule has 4 rings (SSSR count). The number of aromatic nitrogens is 3. The van der Waals surface area contributed by atoms with Crippen LogP contribution in [0.4, 0.5) is 11.6 Å². The van der Waals surface area contributed by atoms with Crippen molar-refractivity contribution < 1.29 is 0 Å². The van der Waals surface area contributed by atoms with Crippen LogP contribution in [0.3, 0.4) is 0 Å². The number of nitrogens with zero attached hydrogens (tertiary/aromatic N) is 3. The lowest BCUT2D eigenvalue weighted by Gasteiger charge is -2.15. The van der Waals surface area contributed by atoms with Gasteiger partial charge in [0.2, 0.25) is 5.95 Å². The van der Waals surface area contributed by atoms with Crippen molar-refractivity contribution in [3.05, 3.63) is 67.0 Å². The maximum absolute atomic E-state index is 13.2. The van der Waals surface area contributed by atoms with Gasteiger partial charge in [-0.25, -0.2) is 4.98 Å². The van der Waals surface area contributed by atoms with E-state index in [2.05, 4.69) is 40.1 Å². The summed E-state index contributed by atoms with van der Waals surface area (Å²) in [5, 5.41) is 5.86. The van der Waals surface area contributed by atoms with E-state index < -0.39 is 0 Å². The Balaban J connectivity index is 1.80. The number of likely N-dealkylation sites (N-methyl/N-ethyl adjacent to an activating group) is 1. The summed E-state index contributed by atoms with van der Waals surface area (Å²) in [5.74, 6) is 0.508. The van der Waals surface area contributed by atoms with Crippen molar-refractivity contribution in [3.63, 3.8) is 0 Å². The molecule has 0 amide bonds. The van der Waals surface area contributed by atoms with E-state index in [0.717, 1.165) is 41.8 Å². The van der Waals surface area contributed by atoms with Crippen LogP contribution in [0.1, 0.15) is 25.1 Å². The van der Waals surface area contributed by atoms with E-state index in [-0.39, 0.29) is 5.56 Å². The molecule has 34 heavy (non-hydrogen) atoms. The maximum atomic E-state index is 13.2. The summed E-state index contributed by atoms with van der Waals surface area (Å²) in [6.07, 6.45) is 4.07. The van der Waals surface area contributed by atoms with Crippen LogP contribution in [0.15, 0.2) is 35.1 Å². The molecule has 0 atom stereocenters. The Morgan fingerprint density at radius 2 is 1.82 bits per heavy atom. The van der Waals surface area contributed by atoms with Gasteiger partial charge in [0.05, 0.1) is 32.2 Å². The molecule has 0 aliphatic carbocycles. The number of aromatic amines is 1. The molecule has 0 bridgehead atoms. The second-order valence-corrected chi connectivity index (χ2v) is 9.35. The van der Waals surface area contributed by atoms with Crippen LogP contribution in [0.5, 0.6) is 0 Å². The Hall–Kier alpha value is -2.51. The van der Waals surface area contributed by atoms with Gasteiger partial charge in [0.1, 0.15) is 0 Å². The predicted molar refractivity (Wildman–Crippen MR) is 145 cm³/mol. The van der Waals surface area contributed by atoms with Gasteiger partial charge in [-0.15, -0.1) is 0 Å². The molecule has 9 heteroatoms. The van der Waals surface area contributed by atoms with Gasteiger partial charge in [0.15, 0.2) is 0 Å². The monoisotopic (exact) mass is 517 g/mol. The first-order valence-corrected chi connectivity index (χ1v) is 12.2. The molecule has 2 heterocycles. The number of rotatable bonds is 7. The number of pyridine rings is 1. The van der Waals surface area contributed by atoms with Gasteiger partial charge in [0, 0.05) is 24.3 Å². The molecule has 0 aliphatic rings. The van der Waals surface area contributed by atoms with Crippen LogP contribution in [0.2, 0.25) is 15.1 Å². The topological polar surface area (TPSA) is 66.0 Å². The molecule has 0 aliphatic heterocycles. The number of fused-ring (bicyclic) bond motifs is 3. The fourth-order valence-electron chi connectivity index (χ4n) is 4.12. The van der Waals surface area contributed by atoms with Gasteiger partial charge in [0.25, 0.3) is 5.56 Å². The van der Waals surface area contributed by atoms with Crippen molar-refractivity contribution in [2.24, 2.45) is 7.05 Å². The van der Waals surface area contributed by atoms with Crippen LogP contribution in [0, 0.1) is 6.92 Å². The fourth-order valence-corrected chi connectivity index (χ4v) is 5.04. The maximum Gasteiger partial charge on any atom is 0.258 e. The van der Waals surface area contributed by atoms with E-state index in [1.54, 1.807) is 12.1 Å². The molecule has 0 saturated heterocycles. The third-order valence-corrected chi connectivity index (χ3v) is 6.92. The lowest BCUT2D eigenvalue weighted by atomic mass is 10.0. The van der Waals surface area contributed by atoms with Crippen molar-refractivity contribution >= 4 is 74.3 Å². The largest absolute Gasteiger partial charge is 0.323 e. The molecule has 2 N–H and O–H groups in total. The molecule has 2 aromatic heterocycles. The highest BCUT2D eigenvalue weighted by Crippen LogP contribution is 2.36. The van der Waals surface area contributed by atoms with Crippen LogP contribution in [0.25, 0.3) is 27.9 Å². The third-order valence-electron chi connectivity index (χ3n) is 6.11. The minimum absolute atomic E-state index is 0.161. The van der Waals surface area contributed by atoms with E-state index >= 15 is 0 Å². The van der Waals surface area contributed by atoms with Crippen molar-refractivity contribution in [3.8, 4) is 0 Å². The average Bonchev–Trinajstić information content (AvgIpc) is 3.12. The molecule has 0 fully saturated rings. The number of aryl methyl sites for hydroxylation is 2. The van der Waals surface area contributed by atoms with Gasteiger partial charge >= 0.3 is 0 Å². The Kier molecular flexibility index (Phi) is 7.24. The van der Waals surface area contributed by atoms with Crippen molar-refractivity contribution in [2.45, 2.75) is 20.8 Å². The highest BCUT2D eigenvalue weighted by Gasteiger charge is 2.18. The van der Waals surface area contributed by atoms with Gasteiger partial charge < -0.3 is 19.8 Å². The van der Waals surface area contributed by atoms with E-state index in [1.807, 2.05) is 36.7 Å². The SMILES string of the molecule is CCN(CC)CC=Cc1[nH]c(=O)c2c(ccc3nc(Nc4c(Cl)cc(Cl)cc4Cl)n(C)c32)c1C. The Morgan fingerprint density at radius 3 is 2.47 bits per heavy atom. The summed E-state index contributed by atoms with van der Waals surface area (Å²) in [5.41, 5.74) is 3.57. The average molecular weight is 519 g/mol. The van der Waals surface area contributed by atoms with E-state index in [9.17, 15) is 4.79 Å². The minimum Gasteiger partial charge on any atom is -0.323 e. The zero-order valence-electron chi connectivity index (χ0n) is 19.5. The molecule has 0 saturated carbocycles. The van der Waals surface area contributed by atoms with Gasteiger partial charge in [-0.2, -0.15) is 0 Å². The highest BCUT2D eigenvalue weighted by molar-refractivity contribution is 6.41. The van der Waals surface area contributed by atoms with Crippen molar-refractivity contribution in [1.29, 1.82) is 0 Å². The quantitative estimate of drug-likeness (QED) is 0.283. The lowest BCUT2D eigenvalue weighted by molar-refractivity contribution is 0.338. The standard InChI is InChI=1S/C25H26Cl3N5O/c1-5-33(6-2)11-7-8-19-14(3)16-9-10-20-23(21(16)24(34)29-19)32(4)25(30-20)31-22-17(27)12-15(26)13-18(22)28/h7-10,12-13H,5-6,11H2,1-4H3,(H,29,34)(H,30,31). The number of benzene rings is 2. The number of hydrogen-bond donors (Lipinski definition) is 2. The summed E-state index contributed by atoms with van der Waals surface area (Å²) in [4.78, 5) is 23.3. The smallest absolute Gasteiger partial charge is 0.258 e. The number of halogens is 3. The molecule has 0 radical (unpaired) electrons. The number of anilines is 2. The first-order chi connectivity index (χ1) is 16.2. The van der Waals surface area contributed by atoms with Gasteiger partial charge in [-0.05, 0) is 55.2 Å². The Bertz CT molecular complexity index is 1440. The molecule has 6 nitrogen and oxygen atoms in total. The number of nitrogens with one attached hydrogen (secondary N) is 2. The Morgan fingerprint density at radius 1 is 1.15 bits per heavy atom. The lowest BCUT2D eigenvalue weighted by Crippen LogP contribution is -2.22. The molecular formula is C25H26Cl3N5O. The first kappa shape index (κ1) is 24.6. The predicted octanol–water partition coefficient (Wildman–Crippen LogP) is 6.78. The summed E-state index contributed by atoms with van der Waals surface area (Å²) in [6.45, 7) is 9.09. The summed E-state index contributed by atoms with van der Waals surface area (Å²) >= 11 is 18.7. The second-order valence-electron chi connectivity index (χ2n) is 8.10. The summed E-state index contributed by atoms with van der Waals surface area (Å²) < 4.78 is 1.84. The molecular weight excluding hydrogens is 493 g/mol. The van der Waals surface area contributed by atoms with E-state index in [1.165, 1.54) is 0 Å². The van der Waals surface area contributed by atoms with Gasteiger partial charge in [-0.3, -0.25) is 4.79 Å². The number of H-pyrrole nitrogens is 1. The van der Waals surface area contributed by atoms with Crippen LogP contribution in [-0.4, -0.2) is 39.1 Å². The van der Waals surface area contributed by atoms with Crippen LogP contribution >= 0.6 is 34.8 Å². The zero-order valence-corrected chi connectivity index (χ0v) is 21.7. The first-order valence-electron chi connectivity index (χ1n) is 11.1. The van der Waals surface area contributed by atoms with Crippen molar-refractivity contribution in [1.82, 2.24) is 19.4 Å². The molecule has 0 unspecified atom stereocenters. The van der Waals surface area contributed by atoms with E-state index in [4.69, 9.17) is 34.8 Å². The highest BCUT2D eigenvalue weighted by atomic mass is 35.5. The van der Waals surface area contributed by atoms with Crippen LogP contribution < -0.4 is 10.9 Å². The number of hydrogen-bond acceptors (Lipinski definition) is 4. The second kappa shape index (κ2) is 10.0. The minimum atomic E-state index is -0.161. The molecule has 4 aromatic rings. The fraction of sp³-hybridized carbons (Fsp3) is 0.280. The zero-order chi connectivity index (χ0) is 24.6. The molecule has 178 valence electrons. The molecule has 0 spiro atoms. The van der Waals surface area contributed by atoms with Crippen molar-refractivity contribution in [2.75, 3.05) is 25.0 Å². The normalized spacial score (nSPS) is 12.0. The summed E-state index contributed by atoms with van der Waals surface area (Å²) in [7, 11) is 1.85. The van der Waals surface area contributed by atoms with Gasteiger partial charge in [-0.1, -0.05) is 60.8 Å². The van der Waals surface area contributed by atoms with Crippen LogP contribution in [-0.2, 0) is 7.05 Å². The van der Waals surface area contributed by atoms with E-state index in [0.29, 0.717) is 37.6 Å². The summed E-state index contributed by atoms with van der Waals surface area (Å²) in [6, 6.07) is 7.09. The number of imidazole rings is 1. The molecule has 2 aromatic carbocycles.